The van der Waals surface area contributed by atoms with E-state index >= 15 is 0 Å². The van der Waals surface area contributed by atoms with E-state index in [-0.39, 0.29) is 6.79 Å². The summed E-state index contributed by atoms with van der Waals surface area (Å²) in [6.45, 7) is 5.24. The van der Waals surface area contributed by atoms with Gasteiger partial charge in [0.1, 0.15) is 5.75 Å². The van der Waals surface area contributed by atoms with E-state index in [1.165, 1.54) is 5.56 Å². The molecular weight excluding hydrogens is 506 g/mol. The van der Waals surface area contributed by atoms with Crippen LogP contribution in [0.3, 0.4) is 0 Å². The SMILES string of the molecule is CCOc1ccccc1CN(CCc1ccc2c(c1)OCO2)Cc1cccc(OC)c1OC.O=C(O)C(=O)O. The van der Waals surface area contributed by atoms with Crippen LogP contribution in [0.15, 0.2) is 60.7 Å². The molecule has 0 unspecified atom stereocenters. The summed E-state index contributed by atoms with van der Waals surface area (Å²) in [7, 11) is 3.35. The zero-order valence-electron chi connectivity index (χ0n) is 22.2. The minimum absolute atomic E-state index is 0.286. The summed E-state index contributed by atoms with van der Waals surface area (Å²) < 4.78 is 28.1. The van der Waals surface area contributed by atoms with Crippen molar-refractivity contribution in [1.29, 1.82) is 0 Å². The first-order valence-electron chi connectivity index (χ1n) is 12.3. The van der Waals surface area contributed by atoms with Crippen molar-refractivity contribution in [3.63, 3.8) is 0 Å². The smallest absolute Gasteiger partial charge is 0.414 e. The number of rotatable bonds is 11. The van der Waals surface area contributed by atoms with Gasteiger partial charge in [-0.3, -0.25) is 4.90 Å². The standard InChI is InChI=1S/C27H31NO5.C2H2O4/c1-4-31-23-10-6-5-8-21(23)17-28(18-22-9-7-11-25(29-2)27(22)30-3)15-14-20-12-13-24-26(16-20)33-19-32-24;3-1(4)2(5)6/h5-13,16H,4,14-15,17-19H2,1-3H3;(H,3,4)(H,5,6). The molecule has 3 aromatic rings. The van der Waals surface area contributed by atoms with Gasteiger partial charge in [0.25, 0.3) is 0 Å². The van der Waals surface area contributed by atoms with Crippen LogP contribution in [-0.2, 0) is 29.1 Å². The molecule has 0 aliphatic carbocycles. The van der Waals surface area contributed by atoms with Crippen molar-refractivity contribution in [2.75, 3.05) is 34.2 Å². The Morgan fingerprint density at radius 1 is 0.846 bits per heavy atom. The molecule has 0 fully saturated rings. The molecule has 39 heavy (non-hydrogen) atoms. The molecule has 10 nitrogen and oxygen atoms in total. The van der Waals surface area contributed by atoms with Gasteiger partial charge in [-0.15, -0.1) is 0 Å². The molecule has 0 amide bonds. The van der Waals surface area contributed by atoms with Crippen molar-refractivity contribution in [3.05, 3.63) is 77.4 Å². The fraction of sp³-hybridized carbons (Fsp3) is 0.310. The minimum Gasteiger partial charge on any atom is -0.494 e. The molecular formula is C29H33NO9. The molecule has 0 atom stereocenters. The molecule has 0 saturated carbocycles. The maximum absolute atomic E-state index is 9.10. The number of carboxylic acid groups (broad SMARTS) is 2. The fourth-order valence-electron chi connectivity index (χ4n) is 4.09. The number of fused-ring (bicyclic) bond motifs is 1. The van der Waals surface area contributed by atoms with E-state index in [1.807, 2.05) is 37.3 Å². The van der Waals surface area contributed by atoms with Gasteiger partial charge >= 0.3 is 11.9 Å². The molecule has 4 rings (SSSR count). The zero-order valence-corrected chi connectivity index (χ0v) is 22.2. The van der Waals surface area contributed by atoms with Gasteiger partial charge in [-0.1, -0.05) is 36.4 Å². The quantitative estimate of drug-likeness (QED) is 0.342. The van der Waals surface area contributed by atoms with E-state index in [0.717, 1.165) is 59.4 Å². The Balaban J connectivity index is 0.000000631. The van der Waals surface area contributed by atoms with Gasteiger partial charge in [-0.2, -0.15) is 0 Å². The highest BCUT2D eigenvalue weighted by atomic mass is 16.7. The first kappa shape index (κ1) is 29.1. The van der Waals surface area contributed by atoms with Gasteiger partial charge in [0.05, 0.1) is 20.8 Å². The van der Waals surface area contributed by atoms with E-state index in [9.17, 15) is 0 Å². The first-order chi connectivity index (χ1) is 18.9. The van der Waals surface area contributed by atoms with Crippen molar-refractivity contribution in [2.24, 2.45) is 0 Å². The van der Waals surface area contributed by atoms with Crippen LogP contribution in [-0.4, -0.2) is 61.2 Å². The van der Waals surface area contributed by atoms with Gasteiger partial charge < -0.3 is 33.9 Å². The lowest BCUT2D eigenvalue weighted by Gasteiger charge is -2.25. The molecule has 1 aliphatic rings. The molecule has 2 N–H and O–H groups in total. The second-order valence-corrected chi connectivity index (χ2v) is 8.45. The first-order valence-corrected chi connectivity index (χ1v) is 12.3. The van der Waals surface area contributed by atoms with Gasteiger partial charge in [-0.25, -0.2) is 9.59 Å². The molecule has 0 radical (unpaired) electrons. The Labute approximate surface area is 227 Å². The van der Waals surface area contributed by atoms with Crippen LogP contribution < -0.4 is 23.7 Å². The molecule has 10 heteroatoms. The van der Waals surface area contributed by atoms with Gasteiger partial charge in [0.2, 0.25) is 6.79 Å². The average molecular weight is 540 g/mol. The maximum atomic E-state index is 9.10. The molecule has 1 aliphatic heterocycles. The van der Waals surface area contributed by atoms with E-state index in [4.69, 9.17) is 43.5 Å². The second-order valence-electron chi connectivity index (χ2n) is 8.45. The van der Waals surface area contributed by atoms with Gasteiger partial charge in [0, 0.05) is 30.8 Å². The van der Waals surface area contributed by atoms with Crippen molar-refractivity contribution in [3.8, 4) is 28.7 Å². The van der Waals surface area contributed by atoms with Crippen molar-refractivity contribution in [1.82, 2.24) is 4.90 Å². The highest BCUT2D eigenvalue weighted by Gasteiger charge is 2.17. The van der Waals surface area contributed by atoms with E-state index in [1.54, 1.807) is 14.2 Å². The number of methoxy groups -OCH3 is 2. The number of aliphatic carboxylic acids is 2. The average Bonchev–Trinajstić information content (AvgIpc) is 3.41. The summed E-state index contributed by atoms with van der Waals surface area (Å²) in [5.74, 6) is 0.403. The Bertz CT molecular complexity index is 1250. The van der Waals surface area contributed by atoms with Crippen LogP contribution in [0.5, 0.6) is 28.7 Å². The normalized spacial score (nSPS) is 11.4. The number of ether oxygens (including phenoxy) is 5. The van der Waals surface area contributed by atoms with Gasteiger partial charge in [-0.05, 0) is 43.2 Å². The summed E-state index contributed by atoms with van der Waals surface area (Å²) >= 11 is 0. The lowest BCUT2D eigenvalue weighted by Crippen LogP contribution is -2.26. The minimum atomic E-state index is -1.82. The van der Waals surface area contributed by atoms with E-state index < -0.39 is 11.9 Å². The number of hydrogen-bond donors (Lipinski definition) is 2. The molecule has 1 heterocycles. The molecule has 0 aromatic heterocycles. The summed E-state index contributed by atoms with van der Waals surface area (Å²) in [5.41, 5.74) is 3.45. The third-order valence-corrected chi connectivity index (χ3v) is 5.88. The van der Waals surface area contributed by atoms with Crippen LogP contribution in [0, 0.1) is 0 Å². The van der Waals surface area contributed by atoms with E-state index in [0.29, 0.717) is 13.2 Å². The summed E-state index contributed by atoms with van der Waals surface area (Å²) in [6, 6.07) is 20.4. The van der Waals surface area contributed by atoms with Crippen LogP contribution in [0.1, 0.15) is 23.6 Å². The summed E-state index contributed by atoms with van der Waals surface area (Å²) in [4.78, 5) is 20.6. The largest absolute Gasteiger partial charge is 0.494 e. The van der Waals surface area contributed by atoms with Crippen molar-refractivity contribution in [2.45, 2.75) is 26.4 Å². The zero-order chi connectivity index (χ0) is 28.2. The number of carboxylic acids is 2. The number of hydrogen-bond acceptors (Lipinski definition) is 8. The van der Waals surface area contributed by atoms with Crippen LogP contribution >= 0.6 is 0 Å². The molecule has 3 aromatic carbocycles. The topological polar surface area (TPSA) is 124 Å². The van der Waals surface area contributed by atoms with Crippen LogP contribution in [0.4, 0.5) is 0 Å². The number of benzene rings is 3. The second kappa shape index (κ2) is 14.5. The Morgan fingerprint density at radius 2 is 1.51 bits per heavy atom. The third-order valence-electron chi connectivity index (χ3n) is 5.88. The molecule has 208 valence electrons. The van der Waals surface area contributed by atoms with Gasteiger partial charge in [0.15, 0.2) is 23.0 Å². The third kappa shape index (κ3) is 8.27. The summed E-state index contributed by atoms with van der Waals surface area (Å²) in [5, 5.41) is 14.8. The van der Waals surface area contributed by atoms with Crippen LogP contribution in [0.25, 0.3) is 0 Å². The monoisotopic (exact) mass is 539 g/mol. The van der Waals surface area contributed by atoms with E-state index in [2.05, 4.69) is 35.2 Å². The highest BCUT2D eigenvalue weighted by molar-refractivity contribution is 6.27. The number of carbonyl (C=O) groups is 2. The van der Waals surface area contributed by atoms with Crippen molar-refractivity contribution < 1.29 is 43.5 Å². The molecule has 0 saturated heterocycles. The van der Waals surface area contributed by atoms with Crippen molar-refractivity contribution >= 4 is 11.9 Å². The lowest BCUT2D eigenvalue weighted by atomic mass is 10.1. The number of nitrogens with zero attached hydrogens (tertiary/aromatic N) is 1. The fourth-order valence-corrected chi connectivity index (χ4v) is 4.09. The lowest BCUT2D eigenvalue weighted by molar-refractivity contribution is -0.159. The highest BCUT2D eigenvalue weighted by Crippen LogP contribution is 2.34. The predicted molar refractivity (Wildman–Crippen MR) is 143 cm³/mol. The Hall–Kier alpha value is -4.44. The Morgan fingerprint density at radius 3 is 2.21 bits per heavy atom. The maximum Gasteiger partial charge on any atom is 0.414 e. The molecule has 0 bridgehead atoms. The Kier molecular flexibility index (Phi) is 10.8. The van der Waals surface area contributed by atoms with Crippen LogP contribution in [0.2, 0.25) is 0 Å². The number of para-hydroxylation sites is 2. The summed E-state index contributed by atoms with van der Waals surface area (Å²) in [6.07, 6.45) is 0.875. The molecule has 0 spiro atoms. The predicted octanol–water partition coefficient (Wildman–Crippen LogP) is 4.23.